The molecule has 5 heteroatoms. The number of aromatic nitrogens is 4. The van der Waals surface area contributed by atoms with Gasteiger partial charge < -0.3 is 5.32 Å². The van der Waals surface area contributed by atoms with Gasteiger partial charge in [0, 0.05) is 5.69 Å². The van der Waals surface area contributed by atoms with E-state index in [0.717, 1.165) is 23.6 Å². The Balaban J connectivity index is 1.99. The van der Waals surface area contributed by atoms with E-state index in [0.29, 0.717) is 0 Å². The molecule has 124 valence electrons. The molecule has 1 atom stereocenters. The molecule has 0 fully saturated rings. The highest BCUT2D eigenvalue weighted by atomic mass is 15.6. The first kappa shape index (κ1) is 16.2. The number of rotatable bonds is 5. The highest BCUT2D eigenvalue weighted by molar-refractivity contribution is 5.48. The third-order valence-electron chi connectivity index (χ3n) is 4.39. The summed E-state index contributed by atoms with van der Waals surface area (Å²) in [4.78, 5) is 0. The summed E-state index contributed by atoms with van der Waals surface area (Å²) in [6.45, 7) is 8.42. The topological polar surface area (TPSA) is 55.6 Å². The summed E-state index contributed by atoms with van der Waals surface area (Å²) >= 11 is 0. The summed E-state index contributed by atoms with van der Waals surface area (Å²) in [6.07, 6.45) is 0.854. The summed E-state index contributed by atoms with van der Waals surface area (Å²) < 4.78 is 1.82. The highest BCUT2D eigenvalue weighted by Gasteiger charge is 2.31. The van der Waals surface area contributed by atoms with Crippen LogP contribution >= 0.6 is 0 Å². The smallest absolute Gasteiger partial charge is 0.181 e. The van der Waals surface area contributed by atoms with Gasteiger partial charge >= 0.3 is 0 Å². The van der Waals surface area contributed by atoms with E-state index >= 15 is 0 Å². The van der Waals surface area contributed by atoms with E-state index in [4.69, 9.17) is 0 Å². The van der Waals surface area contributed by atoms with Crippen molar-refractivity contribution >= 4 is 5.69 Å². The van der Waals surface area contributed by atoms with Crippen LogP contribution < -0.4 is 5.32 Å². The Labute approximate surface area is 142 Å². The Morgan fingerprint density at radius 3 is 2.46 bits per heavy atom. The SMILES string of the molecule is CC[C@](C)(Nc1ccc(C)cc1)c1nnnn1-c1cccc(C)c1. The van der Waals surface area contributed by atoms with Crippen LogP contribution in [0.1, 0.15) is 37.2 Å². The van der Waals surface area contributed by atoms with Crippen molar-refractivity contribution in [2.75, 3.05) is 5.32 Å². The molecule has 3 aromatic rings. The lowest BCUT2D eigenvalue weighted by Gasteiger charge is -2.29. The van der Waals surface area contributed by atoms with E-state index in [1.54, 1.807) is 0 Å². The van der Waals surface area contributed by atoms with Gasteiger partial charge in [0.1, 0.15) is 0 Å². The molecule has 0 saturated heterocycles. The number of hydrogen-bond acceptors (Lipinski definition) is 4. The Morgan fingerprint density at radius 2 is 1.79 bits per heavy atom. The molecule has 0 aliphatic carbocycles. The van der Waals surface area contributed by atoms with Crippen LogP contribution in [0.2, 0.25) is 0 Å². The minimum absolute atomic E-state index is 0.373. The third kappa shape index (κ3) is 3.15. The van der Waals surface area contributed by atoms with Crippen molar-refractivity contribution < 1.29 is 0 Å². The van der Waals surface area contributed by atoms with Crippen molar-refractivity contribution in [1.29, 1.82) is 0 Å². The molecule has 0 radical (unpaired) electrons. The van der Waals surface area contributed by atoms with Crippen LogP contribution in [-0.2, 0) is 5.54 Å². The van der Waals surface area contributed by atoms with E-state index < -0.39 is 0 Å². The molecule has 5 nitrogen and oxygen atoms in total. The molecule has 0 bridgehead atoms. The number of benzene rings is 2. The molecular weight excluding hydrogens is 298 g/mol. The Bertz CT molecular complexity index is 822. The minimum atomic E-state index is -0.373. The van der Waals surface area contributed by atoms with Gasteiger partial charge in [-0.3, -0.25) is 0 Å². The zero-order valence-corrected chi connectivity index (χ0v) is 14.6. The van der Waals surface area contributed by atoms with Crippen molar-refractivity contribution in [2.24, 2.45) is 0 Å². The van der Waals surface area contributed by atoms with E-state index in [9.17, 15) is 0 Å². The second-order valence-electron chi connectivity index (χ2n) is 6.43. The van der Waals surface area contributed by atoms with Gasteiger partial charge in [-0.15, -0.1) is 5.10 Å². The van der Waals surface area contributed by atoms with Crippen LogP contribution in [0.25, 0.3) is 5.69 Å². The molecule has 0 amide bonds. The van der Waals surface area contributed by atoms with Crippen LogP contribution in [0, 0.1) is 13.8 Å². The molecule has 0 aliphatic rings. The lowest BCUT2D eigenvalue weighted by molar-refractivity contribution is 0.474. The molecule has 0 spiro atoms. The van der Waals surface area contributed by atoms with Gasteiger partial charge in [-0.05, 0) is 67.4 Å². The molecule has 2 aromatic carbocycles. The van der Waals surface area contributed by atoms with Crippen LogP contribution in [0.15, 0.2) is 48.5 Å². The number of nitrogens with one attached hydrogen (secondary N) is 1. The van der Waals surface area contributed by atoms with E-state index in [-0.39, 0.29) is 5.54 Å². The van der Waals surface area contributed by atoms with E-state index in [2.05, 4.69) is 84.9 Å². The quantitative estimate of drug-likeness (QED) is 0.771. The Morgan fingerprint density at radius 1 is 1.04 bits per heavy atom. The molecular formula is C19H23N5. The molecule has 1 heterocycles. The van der Waals surface area contributed by atoms with Gasteiger partial charge in [-0.2, -0.15) is 4.68 Å². The van der Waals surface area contributed by atoms with Gasteiger partial charge in [0.15, 0.2) is 5.82 Å². The van der Waals surface area contributed by atoms with Gasteiger partial charge in [0.05, 0.1) is 11.2 Å². The molecule has 1 aromatic heterocycles. The lowest BCUT2D eigenvalue weighted by Crippen LogP contribution is -2.34. The maximum atomic E-state index is 4.32. The number of aryl methyl sites for hydroxylation is 2. The van der Waals surface area contributed by atoms with Crippen LogP contribution in [0.4, 0.5) is 5.69 Å². The molecule has 3 rings (SSSR count). The predicted molar refractivity (Wildman–Crippen MR) is 96.3 cm³/mol. The maximum Gasteiger partial charge on any atom is 0.181 e. The molecule has 1 N–H and O–H groups in total. The largest absolute Gasteiger partial charge is 0.373 e. The summed E-state index contributed by atoms with van der Waals surface area (Å²) in [6, 6.07) is 16.6. The summed E-state index contributed by atoms with van der Waals surface area (Å²) in [5, 5.41) is 16.0. The number of tetrazole rings is 1. The first-order valence-corrected chi connectivity index (χ1v) is 8.22. The van der Waals surface area contributed by atoms with Crippen molar-refractivity contribution in [3.05, 3.63) is 65.5 Å². The standard InChI is InChI=1S/C19H23N5/c1-5-19(4,20-16-11-9-14(2)10-12-16)18-21-22-23-24(18)17-8-6-7-15(3)13-17/h6-13,20H,5H2,1-4H3/t19-/m0/s1. The fraction of sp³-hybridized carbons (Fsp3) is 0.316. The fourth-order valence-corrected chi connectivity index (χ4v) is 2.72. The maximum absolute atomic E-state index is 4.32. The average Bonchev–Trinajstić information content (AvgIpc) is 3.07. The van der Waals surface area contributed by atoms with Crippen molar-refractivity contribution in [1.82, 2.24) is 20.2 Å². The number of anilines is 1. The predicted octanol–water partition coefficient (Wildman–Crippen LogP) is 4.02. The second kappa shape index (κ2) is 6.43. The highest BCUT2D eigenvalue weighted by Crippen LogP contribution is 2.29. The summed E-state index contributed by atoms with van der Waals surface area (Å²) in [7, 11) is 0. The van der Waals surface area contributed by atoms with E-state index in [1.165, 1.54) is 11.1 Å². The molecule has 0 unspecified atom stereocenters. The molecule has 0 aliphatic heterocycles. The van der Waals surface area contributed by atoms with Crippen molar-refractivity contribution in [3.63, 3.8) is 0 Å². The van der Waals surface area contributed by atoms with Gasteiger partial charge in [0.25, 0.3) is 0 Å². The third-order valence-corrected chi connectivity index (χ3v) is 4.39. The monoisotopic (exact) mass is 321 g/mol. The van der Waals surface area contributed by atoms with Crippen LogP contribution in [0.5, 0.6) is 0 Å². The average molecular weight is 321 g/mol. The van der Waals surface area contributed by atoms with Crippen LogP contribution in [-0.4, -0.2) is 20.2 Å². The lowest BCUT2D eigenvalue weighted by atomic mass is 9.96. The van der Waals surface area contributed by atoms with Crippen molar-refractivity contribution in [3.8, 4) is 5.69 Å². The van der Waals surface area contributed by atoms with E-state index in [1.807, 2.05) is 16.8 Å². The summed E-state index contributed by atoms with van der Waals surface area (Å²) in [5.74, 6) is 0.802. The molecule has 24 heavy (non-hydrogen) atoms. The van der Waals surface area contributed by atoms with Crippen LogP contribution in [0.3, 0.4) is 0 Å². The normalized spacial score (nSPS) is 13.5. The Hall–Kier alpha value is -2.69. The first-order valence-electron chi connectivity index (χ1n) is 8.22. The Kier molecular flexibility index (Phi) is 4.34. The zero-order chi connectivity index (χ0) is 17.2. The van der Waals surface area contributed by atoms with Gasteiger partial charge in [-0.1, -0.05) is 36.8 Å². The number of nitrogens with zero attached hydrogens (tertiary/aromatic N) is 4. The van der Waals surface area contributed by atoms with Crippen molar-refractivity contribution in [2.45, 2.75) is 39.7 Å². The fourth-order valence-electron chi connectivity index (χ4n) is 2.72. The second-order valence-corrected chi connectivity index (χ2v) is 6.43. The molecule has 0 saturated carbocycles. The van der Waals surface area contributed by atoms with Gasteiger partial charge in [-0.25, -0.2) is 0 Å². The van der Waals surface area contributed by atoms with Gasteiger partial charge in [0.2, 0.25) is 0 Å². The minimum Gasteiger partial charge on any atom is -0.373 e. The zero-order valence-electron chi connectivity index (χ0n) is 14.6. The number of hydrogen-bond donors (Lipinski definition) is 1. The summed E-state index contributed by atoms with van der Waals surface area (Å²) in [5.41, 5.74) is 4.08. The first-order chi connectivity index (χ1) is 11.5.